The lowest BCUT2D eigenvalue weighted by Gasteiger charge is -2.31. The molecular formula is C20H35IN4O. The van der Waals surface area contributed by atoms with Crippen LogP contribution in [0.2, 0.25) is 0 Å². The number of likely N-dealkylation sites (tertiary alicyclic amines) is 1. The van der Waals surface area contributed by atoms with Crippen LogP contribution in [0.5, 0.6) is 5.75 Å². The van der Waals surface area contributed by atoms with Gasteiger partial charge in [0.25, 0.3) is 0 Å². The van der Waals surface area contributed by atoms with Crippen LogP contribution in [-0.4, -0.2) is 63.1 Å². The van der Waals surface area contributed by atoms with Crippen molar-refractivity contribution in [1.29, 1.82) is 0 Å². The van der Waals surface area contributed by atoms with Gasteiger partial charge in [-0.1, -0.05) is 25.1 Å². The second-order valence-corrected chi connectivity index (χ2v) is 6.81. The van der Waals surface area contributed by atoms with Gasteiger partial charge in [0.15, 0.2) is 5.96 Å². The highest BCUT2D eigenvalue weighted by atomic mass is 127. The van der Waals surface area contributed by atoms with E-state index in [-0.39, 0.29) is 24.0 Å². The Bertz CT molecular complexity index is 544. The van der Waals surface area contributed by atoms with Gasteiger partial charge in [-0.3, -0.25) is 4.99 Å². The monoisotopic (exact) mass is 474 g/mol. The van der Waals surface area contributed by atoms with E-state index in [1.165, 1.54) is 44.5 Å². The maximum absolute atomic E-state index is 5.45. The molecule has 26 heavy (non-hydrogen) atoms. The maximum atomic E-state index is 5.45. The van der Waals surface area contributed by atoms with Gasteiger partial charge in [-0.15, -0.1) is 24.0 Å². The largest absolute Gasteiger partial charge is 0.496 e. The van der Waals surface area contributed by atoms with Crippen molar-refractivity contribution in [2.45, 2.75) is 32.7 Å². The van der Waals surface area contributed by atoms with Crippen LogP contribution in [0.15, 0.2) is 29.3 Å². The summed E-state index contributed by atoms with van der Waals surface area (Å²) in [7, 11) is 5.64. The van der Waals surface area contributed by atoms with E-state index in [2.05, 4.69) is 40.1 Å². The van der Waals surface area contributed by atoms with Gasteiger partial charge in [0.1, 0.15) is 5.75 Å². The van der Waals surface area contributed by atoms with E-state index in [1.807, 2.05) is 25.2 Å². The molecule has 0 bridgehead atoms. The average Bonchev–Trinajstić information content (AvgIpc) is 2.66. The minimum absolute atomic E-state index is 0. The molecule has 1 aromatic rings. The Kier molecular flexibility index (Phi) is 11.0. The zero-order chi connectivity index (χ0) is 18.1. The van der Waals surface area contributed by atoms with E-state index in [0.717, 1.165) is 30.7 Å². The maximum Gasteiger partial charge on any atom is 0.193 e. The molecule has 0 unspecified atom stereocenters. The third-order valence-corrected chi connectivity index (χ3v) is 5.16. The third-order valence-electron chi connectivity index (χ3n) is 5.16. The number of nitrogens with one attached hydrogen (secondary N) is 1. The summed E-state index contributed by atoms with van der Waals surface area (Å²) in [5.74, 6) is 2.71. The van der Waals surface area contributed by atoms with Crippen molar-refractivity contribution in [1.82, 2.24) is 15.1 Å². The topological polar surface area (TPSA) is 40.1 Å². The first-order valence-corrected chi connectivity index (χ1v) is 9.44. The Hall–Kier alpha value is -1.02. The second kappa shape index (κ2) is 12.4. The molecule has 0 saturated carbocycles. The fourth-order valence-corrected chi connectivity index (χ4v) is 3.53. The van der Waals surface area contributed by atoms with Gasteiger partial charge in [0.2, 0.25) is 0 Å². The Morgan fingerprint density at radius 3 is 2.62 bits per heavy atom. The van der Waals surface area contributed by atoms with Gasteiger partial charge in [-0.2, -0.15) is 0 Å². The SMILES string of the molecule is CCN1CCC(CCNC(=NC)N(C)Cc2ccccc2OC)CC1.I. The summed E-state index contributed by atoms with van der Waals surface area (Å²) in [6.07, 6.45) is 3.87. The van der Waals surface area contributed by atoms with Gasteiger partial charge in [0, 0.05) is 32.7 Å². The van der Waals surface area contributed by atoms with Crippen LogP contribution in [0.4, 0.5) is 0 Å². The normalized spacial score (nSPS) is 16.1. The van der Waals surface area contributed by atoms with Crippen LogP contribution in [0.25, 0.3) is 0 Å². The molecule has 0 radical (unpaired) electrons. The lowest BCUT2D eigenvalue weighted by atomic mass is 9.93. The predicted molar refractivity (Wildman–Crippen MR) is 121 cm³/mol. The summed E-state index contributed by atoms with van der Waals surface area (Å²) in [5, 5.41) is 3.52. The molecule has 0 amide bonds. The Morgan fingerprint density at radius 1 is 1.31 bits per heavy atom. The molecule has 0 aromatic heterocycles. The molecule has 5 nitrogen and oxygen atoms in total. The molecule has 1 aliphatic rings. The quantitative estimate of drug-likeness (QED) is 0.374. The molecule has 1 N–H and O–H groups in total. The van der Waals surface area contributed by atoms with Crippen molar-refractivity contribution in [3.05, 3.63) is 29.8 Å². The molecular weight excluding hydrogens is 439 g/mol. The summed E-state index contributed by atoms with van der Waals surface area (Å²) in [4.78, 5) is 9.13. The number of nitrogens with zero attached hydrogens (tertiary/aromatic N) is 3. The van der Waals surface area contributed by atoms with Crippen molar-refractivity contribution in [2.24, 2.45) is 10.9 Å². The van der Waals surface area contributed by atoms with E-state index in [4.69, 9.17) is 4.74 Å². The number of ether oxygens (including phenoxy) is 1. The van der Waals surface area contributed by atoms with E-state index < -0.39 is 0 Å². The summed E-state index contributed by atoms with van der Waals surface area (Å²) >= 11 is 0. The first-order valence-electron chi connectivity index (χ1n) is 9.44. The molecule has 1 aromatic carbocycles. The number of guanidine groups is 1. The van der Waals surface area contributed by atoms with E-state index >= 15 is 0 Å². The van der Waals surface area contributed by atoms with E-state index in [9.17, 15) is 0 Å². The van der Waals surface area contributed by atoms with Gasteiger partial charge >= 0.3 is 0 Å². The van der Waals surface area contributed by atoms with Crippen LogP contribution in [0.3, 0.4) is 0 Å². The van der Waals surface area contributed by atoms with Crippen LogP contribution in [0, 0.1) is 5.92 Å². The highest BCUT2D eigenvalue weighted by molar-refractivity contribution is 14.0. The molecule has 1 aliphatic heterocycles. The molecule has 1 fully saturated rings. The Balaban J connectivity index is 0.00000338. The fraction of sp³-hybridized carbons (Fsp3) is 0.650. The fourth-order valence-electron chi connectivity index (χ4n) is 3.53. The second-order valence-electron chi connectivity index (χ2n) is 6.81. The van der Waals surface area contributed by atoms with Crippen LogP contribution >= 0.6 is 24.0 Å². The molecule has 6 heteroatoms. The van der Waals surface area contributed by atoms with Gasteiger partial charge in [-0.25, -0.2) is 0 Å². The number of halogens is 1. The summed E-state index contributed by atoms with van der Waals surface area (Å²) in [6, 6.07) is 8.15. The molecule has 1 heterocycles. The molecule has 148 valence electrons. The number of methoxy groups -OCH3 is 1. The Labute approximate surface area is 176 Å². The molecule has 1 saturated heterocycles. The first kappa shape index (κ1) is 23.0. The van der Waals surface area contributed by atoms with Crippen molar-refractivity contribution < 1.29 is 4.74 Å². The lowest BCUT2D eigenvalue weighted by Crippen LogP contribution is -2.40. The van der Waals surface area contributed by atoms with Gasteiger partial charge in [0.05, 0.1) is 7.11 Å². The summed E-state index contributed by atoms with van der Waals surface area (Å²) in [6.45, 7) is 7.71. The zero-order valence-corrected chi connectivity index (χ0v) is 19.0. The van der Waals surface area contributed by atoms with E-state index in [0.29, 0.717) is 0 Å². The summed E-state index contributed by atoms with van der Waals surface area (Å²) in [5.41, 5.74) is 1.17. The van der Waals surface area contributed by atoms with Gasteiger partial charge in [-0.05, 0) is 50.9 Å². The molecule has 0 atom stereocenters. The molecule has 0 aliphatic carbocycles. The standard InChI is InChI=1S/C20H34N4O.HI/c1-5-24-14-11-17(12-15-24)10-13-22-20(21-2)23(3)16-18-8-6-7-9-19(18)25-4;/h6-9,17H,5,10-16H2,1-4H3,(H,21,22);1H. The van der Waals surface area contributed by atoms with E-state index in [1.54, 1.807) is 7.11 Å². The third kappa shape index (κ3) is 6.95. The summed E-state index contributed by atoms with van der Waals surface area (Å²) < 4.78 is 5.45. The highest BCUT2D eigenvalue weighted by Gasteiger charge is 2.18. The first-order chi connectivity index (χ1) is 12.2. The van der Waals surface area contributed by atoms with Crippen molar-refractivity contribution >= 4 is 29.9 Å². The number of hydrogen-bond acceptors (Lipinski definition) is 3. The number of rotatable bonds is 7. The van der Waals surface area contributed by atoms with Crippen LogP contribution < -0.4 is 10.1 Å². The lowest BCUT2D eigenvalue weighted by molar-refractivity contribution is 0.187. The van der Waals surface area contributed by atoms with Crippen molar-refractivity contribution in [3.63, 3.8) is 0 Å². The highest BCUT2D eigenvalue weighted by Crippen LogP contribution is 2.20. The average molecular weight is 474 g/mol. The molecule has 0 spiro atoms. The van der Waals surface area contributed by atoms with Gasteiger partial charge < -0.3 is 19.9 Å². The number of piperidine rings is 1. The number of benzene rings is 1. The predicted octanol–water partition coefficient (Wildman–Crippen LogP) is 3.44. The Morgan fingerprint density at radius 2 is 2.00 bits per heavy atom. The smallest absolute Gasteiger partial charge is 0.193 e. The van der Waals surface area contributed by atoms with Crippen molar-refractivity contribution in [3.8, 4) is 5.75 Å². The number of hydrogen-bond donors (Lipinski definition) is 1. The molecule has 2 rings (SSSR count). The minimum Gasteiger partial charge on any atom is -0.496 e. The van der Waals surface area contributed by atoms with Crippen molar-refractivity contribution in [2.75, 3.05) is 47.4 Å². The minimum atomic E-state index is 0. The zero-order valence-electron chi connectivity index (χ0n) is 16.7. The number of aliphatic imine (C=N–C) groups is 1. The number of para-hydroxylation sites is 1. The van der Waals surface area contributed by atoms with Crippen LogP contribution in [0.1, 0.15) is 31.7 Å². The van der Waals surface area contributed by atoms with Crippen LogP contribution in [-0.2, 0) is 6.54 Å².